The first-order valence-corrected chi connectivity index (χ1v) is 23.2. The van der Waals surface area contributed by atoms with Crippen LogP contribution >= 0.6 is 34.0 Å². The average Bonchev–Trinajstić information content (AvgIpc) is 1.51. The van der Waals surface area contributed by atoms with E-state index in [2.05, 4.69) is 12.1 Å². The highest BCUT2D eigenvalue weighted by Crippen LogP contribution is 2.50. The average molecular weight is 972 g/mol. The van der Waals surface area contributed by atoms with Crippen molar-refractivity contribution in [3.63, 3.8) is 0 Å². The quantitative estimate of drug-likeness (QED) is 0.177. The predicted octanol–water partition coefficient (Wildman–Crippen LogP) is 17.8. The number of nitrogens with zero attached hydrogens (tertiary/aromatic N) is 5. The molecule has 0 unspecified atom stereocenters. The number of thiophene rings is 3. The minimum Gasteiger partial charge on any atom is -0.308 e. The van der Waals surface area contributed by atoms with Gasteiger partial charge in [-0.3, -0.25) is 0 Å². The van der Waals surface area contributed by atoms with Gasteiger partial charge >= 0.3 is 0 Å². The van der Waals surface area contributed by atoms with Gasteiger partial charge in [-0.15, -0.1) is 34.0 Å². The molecule has 16 rings (SSSR count). The van der Waals surface area contributed by atoms with E-state index in [1.807, 2.05) is 0 Å². The van der Waals surface area contributed by atoms with Gasteiger partial charge in [0.15, 0.2) is 0 Å². The third-order valence-electron chi connectivity index (χ3n) is 12.6. The van der Waals surface area contributed by atoms with Crippen LogP contribution in [0.5, 0.6) is 0 Å². The van der Waals surface area contributed by atoms with Crippen LogP contribution in [0.4, 0.5) is 0 Å². The monoisotopic (exact) mass is 971 g/mol. The van der Waals surface area contributed by atoms with Gasteiger partial charge in [0.25, 0.3) is 0 Å². The summed E-state index contributed by atoms with van der Waals surface area (Å²) in [5, 5.41) is 20.9. The molecule has 0 saturated carbocycles. The number of benzene rings is 10. The summed E-state index contributed by atoms with van der Waals surface area (Å²) < 4.78 is 282. The molecule has 0 bridgehead atoms. The van der Waals surface area contributed by atoms with Gasteiger partial charge in [-0.1, -0.05) is 127 Å². The summed E-state index contributed by atoms with van der Waals surface area (Å²) in [7, 11) is 0. The van der Waals surface area contributed by atoms with Crippen molar-refractivity contribution in [1.82, 2.24) is 13.7 Å². The fourth-order valence-electron chi connectivity index (χ4n) is 9.87. The molecule has 10 aromatic carbocycles. The first-order chi connectivity index (χ1) is 47.2. The molecule has 0 aliphatic carbocycles. The molecule has 0 amide bonds. The van der Waals surface area contributed by atoms with Crippen LogP contribution in [0.1, 0.15) is 52.2 Å². The van der Waals surface area contributed by atoms with Gasteiger partial charge in [-0.2, -0.15) is 10.5 Å². The van der Waals surface area contributed by atoms with E-state index in [1.165, 1.54) is 0 Å². The largest absolute Gasteiger partial charge is 0.308 e. The fourth-order valence-corrected chi connectivity index (χ4v) is 13.2. The maximum atomic E-state index is 12.6. The van der Waals surface area contributed by atoms with Crippen LogP contribution in [0.15, 0.2) is 187 Å². The smallest absolute Gasteiger partial charge is 0.104 e. The summed E-state index contributed by atoms with van der Waals surface area (Å²) in [4.78, 5) is 0. The van der Waals surface area contributed by atoms with Crippen molar-refractivity contribution in [2.75, 3.05) is 0 Å². The fraction of sp³-hybridized carbons (Fsp3) is 0. The maximum Gasteiger partial charge on any atom is 0.104 e. The molecule has 0 N–H and O–H groups in total. The van der Waals surface area contributed by atoms with Gasteiger partial charge in [-0.05, 0) is 60.4 Å². The van der Waals surface area contributed by atoms with Crippen LogP contribution in [0.2, 0.25) is 0 Å². The number of fused-ring (bicyclic) bond motifs is 21. The van der Waals surface area contributed by atoms with Crippen LogP contribution in [0.3, 0.4) is 0 Å². The molecule has 0 aliphatic rings. The normalized spacial score (nSPS) is 18.3. The Balaban J connectivity index is 1.25. The van der Waals surface area contributed by atoms with Crippen molar-refractivity contribution >= 4 is 160 Å². The van der Waals surface area contributed by atoms with Crippen molar-refractivity contribution in [3.05, 3.63) is 198 Å². The van der Waals surface area contributed by atoms with E-state index in [9.17, 15) is 32.5 Å². The molecular weight excluding hydrogens is 911 g/mol. The molecule has 0 aliphatic heterocycles. The minimum atomic E-state index is -0.989. The summed E-state index contributed by atoms with van der Waals surface area (Å²) in [6.45, 7) is 0. The Morgan fingerprint density at radius 3 is 1.11 bits per heavy atom. The van der Waals surface area contributed by atoms with Gasteiger partial charge in [-0.25, -0.2) is 0 Å². The first-order valence-electron chi connectivity index (χ1n) is 35.8. The zero-order valence-corrected chi connectivity index (χ0v) is 37.0. The maximum absolute atomic E-state index is 12.6. The van der Waals surface area contributed by atoms with Crippen LogP contribution in [0, 0.1) is 22.7 Å². The third-order valence-corrected chi connectivity index (χ3v) is 15.9. The number of hydrogen-bond acceptors (Lipinski definition) is 5. The Morgan fingerprint density at radius 2 is 0.700 bits per heavy atom. The minimum absolute atomic E-state index is 0.119. The Hall–Kier alpha value is -8.76. The molecule has 16 aromatic rings. The van der Waals surface area contributed by atoms with Crippen molar-refractivity contribution in [1.29, 1.82) is 10.5 Å². The second kappa shape index (κ2) is 13.9. The number of hydrogen-bond donors (Lipinski definition) is 0. The van der Waals surface area contributed by atoms with Crippen molar-refractivity contribution in [3.8, 4) is 29.2 Å². The number of nitriles is 2. The molecule has 6 aromatic heterocycles. The molecule has 6 heterocycles. The van der Waals surface area contributed by atoms with E-state index in [0.29, 0.717) is 34.0 Å². The first kappa shape index (κ1) is 19.7. The molecule has 0 atom stereocenters. The standard InChI is InChI=1S/C62H31N5S3/c63-32-34-31-51(65-45-19-7-1-16-41(45)55-48(65)28-25-38-35-13-4-10-22-52(35)68-60(38)55)44(33-64)59(67-47-21-9-3-18-43(47)57-50(67)30-27-40-37-15-6-12-24-54(37)70-62(40)57)58(34)66-46-20-8-2-17-42(46)56-49(66)29-26-39-36-14-5-11-23-53(36)69-61(39)56/h1-31H/i1D,2D,3D,4D,5D,6D,7D,8D,9D,10D,11D,12D,13D,14D,15D,16D,17D,18D,19D,20D,21D,22D,23D,24D,25D,26D,27D,28D,29D,30D. The van der Waals surface area contributed by atoms with Gasteiger partial charge in [0, 0.05) is 92.8 Å². The van der Waals surface area contributed by atoms with Crippen LogP contribution in [-0.2, 0) is 0 Å². The lowest BCUT2D eigenvalue weighted by Gasteiger charge is -2.22. The second-order valence-corrected chi connectivity index (χ2v) is 18.9. The lowest BCUT2D eigenvalue weighted by Crippen LogP contribution is -2.12. The summed E-state index contributed by atoms with van der Waals surface area (Å²) in [6, 6.07) is -18.7. The van der Waals surface area contributed by atoms with Crippen molar-refractivity contribution < 1.29 is 41.1 Å². The Kier molecular flexibility index (Phi) is 3.92. The molecule has 70 heavy (non-hydrogen) atoms. The number of para-hydroxylation sites is 3. The molecule has 8 heteroatoms. The van der Waals surface area contributed by atoms with Gasteiger partial charge in [0.05, 0.1) is 96.8 Å². The van der Waals surface area contributed by atoms with Crippen LogP contribution in [-0.4, -0.2) is 13.7 Å². The molecule has 322 valence electrons. The van der Waals surface area contributed by atoms with Crippen molar-refractivity contribution in [2.24, 2.45) is 0 Å². The lowest BCUT2D eigenvalue weighted by atomic mass is 10.0. The SMILES string of the molecule is [2H]c1c([2H])c([2H])c2c(sc3c2c([2H])c([2H])c2c3c3c([2H])c([2H])c([2H])c([2H])c3n2-c2cc(C#N)c(-n3c4c([2H])c([2H])c([2H])c([2H])c4c4c5sc6c([2H])c([2H])c([2H])c([2H])c6c5c([2H])c([2H])c43)c(-n3c4c([2H])c([2H])c([2H])c([2H])c4c4c5sc6c([2H])c([2H])c([2H])c([2H])c6c5c([2H])c([2H])c43)c2C#N)c1[2H]. The highest BCUT2D eigenvalue weighted by Gasteiger charge is 2.30. The Labute approximate surface area is 452 Å². The summed E-state index contributed by atoms with van der Waals surface area (Å²) >= 11 is 1.99. The van der Waals surface area contributed by atoms with Crippen LogP contribution < -0.4 is 0 Å². The predicted molar refractivity (Wildman–Crippen MR) is 298 cm³/mol. The van der Waals surface area contributed by atoms with E-state index in [0.717, 1.165) is 19.8 Å². The number of rotatable bonds is 3. The molecular formula is C62H31N5S3. The Bertz CT molecular complexity index is 6940. The molecule has 0 saturated heterocycles. The number of aromatic nitrogens is 3. The zero-order chi connectivity index (χ0) is 72.0. The van der Waals surface area contributed by atoms with Gasteiger partial charge < -0.3 is 13.7 Å². The Morgan fingerprint density at radius 1 is 0.343 bits per heavy atom. The van der Waals surface area contributed by atoms with E-state index in [4.69, 9.17) is 19.2 Å². The highest BCUT2D eigenvalue weighted by molar-refractivity contribution is 7.27. The second-order valence-electron chi connectivity index (χ2n) is 15.9. The molecule has 0 fully saturated rings. The molecule has 0 radical (unpaired) electrons. The summed E-state index contributed by atoms with van der Waals surface area (Å²) in [6.07, 6.45) is 0. The topological polar surface area (TPSA) is 62.4 Å². The van der Waals surface area contributed by atoms with Crippen molar-refractivity contribution in [2.45, 2.75) is 0 Å². The van der Waals surface area contributed by atoms with E-state index < -0.39 is 259 Å². The van der Waals surface area contributed by atoms with E-state index in [1.54, 1.807) is 0 Å². The highest BCUT2D eigenvalue weighted by atomic mass is 32.1. The molecule has 0 spiro atoms. The van der Waals surface area contributed by atoms with Crippen LogP contribution in [0.25, 0.3) is 143 Å². The van der Waals surface area contributed by atoms with E-state index >= 15 is 0 Å². The van der Waals surface area contributed by atoms with Gasteiger partial charge in [0.1, 0.15) is 17.7 Å². The zero-order valence-electron chi connectivity index (χ0n) is 64.5. The summed E-state index contributed by atoms with van der Waals surface area (Å²) in [5.41, 5.74) is -7.61. The van der Waals surface area contributed by atoms with E-state index in [-0.39, 0.29) is 76.7 Å². The molecule has 5 nitrogen and oxygen atoms in total. The third kappa shape index (κ3) is 4.82. The lowest BCUT2D eigenvalue weighted by molar-refractivity contribution is 1.06. The van der Waals surface area contributed by atoms with Gasteiger partial charge in [0.2, 0.25) is 0 Å². The summed E-state index contributed by atoms with van der Waals surface area (Å²) in [5.74, 6) is 0.